The van der Waals surface area contributed by atoms with Gasteiger partial charge in [0.05, 0.1) is 10.6 Å². The molecule has 0 radical (unpaired) electrons. The zero-order valence-corrected chi connectivity index (χ0v) is 10.8. The van der Waals surface area contributed by atoms with E-state index in [1.807, 2.05) is 0 Å². The second-order valence-electron chi connectivity index (χ2n) is 4.44. The van der Waals surface area contributed by atoms with Crippen LogP contribution in [0.4, 0.5) is 5.69 Å². The minimum absolute atomic E-state index is 0.156. The Balaban J connectivity index is 2.71. The molecular weight excluding hydrogens is 264 g/mol. The average molecular weight is 276 g/mol. The second-order valence-corrected chi connectivity index (χ2v) is 4.44. The number of carboxylic acid groups (broad SMARTS) is 1. The van der Waals surface area contributed by atoms with E-state index in [0.717, 1.165) is 0 Å². The Morgan fingerprint density at radius 3 is 2.60 bits per heavy atom. The smallest absolute Gasteiger partial charge is 0.358 e. The Bertz CT molecular complexity index is 678. The summed E-state index contributed by atoms with van der Waals surface area (Å²) in [5, 5.41) is 27.5. The van der Waals surface area contributed by atoms with Crippen LogP contribution in [0.2, 0.25) is 0 Å². The number of nitro groups is 1. The van der Waals surface area contributed by atoms with Gasteiger partial charge in [0.2, 0.25) is 0 Å². The SMILES string of the molecule is CC(C)c1c(C(=O)O)nnn1-c1ccccc1[N+](=O)[O-]. The van der Waals surface area contributed by atoms with Crippen molar-refractivity contribution in [3.8, 4) is 5.69 Å². The molecule has 1 N–H and O–H groups in total. The van der Waals surface area contributed by atoms with Crippen molar-refractivity contribution in [2.75, 3.05) is 0 Å². The van der Waals surface area contributed by atoms with Gasteiger partial charge >= 0.3 is 5.97 Å². The number of benzene rings is 1. The van der Waals surface area contributed by atoms with Gasteiger partial charge in [0.1, 0.15) is 5.69 Å². The first kappa shape index (κ1) is 13.7. The number of hydrogen-bond acceptors (Lipinski definition) is 5. The number of para-hydroxylation sites is 2. The van der Waals surface area contributed by atoms with Gasteiger partial charge in [0.15, 0.2) is 5.69 Å². The molecule has 0 spiro atoms. The summed E-state index contributed by atoms with van der Waals surface area (Å²) in [6.07, 6.45) is 0. The van der Waals surface area contributed by atoms with Crippen molar-refractivity contribution >= 4 is 11.7 Å². The highest BCUT2D eigenvalue weighted by Gasteiger charge is 2.25. The Morgan fingerprint density at radius 2 is 2.05 bits per heavy atom. The quantitative estimate of drug-likeness (QED) is 0.675. The predicted molar refractivity (Wildman–Crippen MR) is 69.1 cm³/mol. The maximum Gasteiger partial charge on any atom is 0.358 e. The van der Waals surface area contributed by atoms with Gasteiger partial charge in [-0.3, -0.25) is 10.1 Å². The van der Waals surface area contributed by atoms with Gasteiger partial charge in [-0.25, -0.2) is 9.48 Å². The van der Waals surface area contributed by atoms with Crippen LogP contribution in [0, 0.1) is 10.1 Å². The van der Waals surface area contributed by atoms with Crippen molar-refractivity contribution in [1.82, 2.24) is 15.0 Å². The highest BCUT2D eigenvalue weighted by molar-refractivity contribution is 5.86. The number of nitro benzene ring substituents is 1. The maximum atomic E-state index is 11.1. The topological polar surface area (TPSA) is 111 Å². The van der Waals surface area contributed by atoms with Crippen LogP contribution in [-0.4, -0.2) is 31.0 Å². The van der Waals surface area contributed by atoms with Crippen molar-refractivity contribution in [2.24, 2.45) is 0 Å². The highest BCUT2D eigenvalue weighted by atomic mass is 16.6. The van der Waals surface area contributed by atoms with Crippen molar-refractivity contribution in [1.29, 1.82) is 0 Å². The zero-order chi connectivity index (χ0) is 14.9. The molecule has 104 valence electrons. The lowest BCUT2D eigenvalue weighted by Crippen LogP contribution is -2.09. The van der Waals surface area contributed by atoms with E-state index >= 15 is 0 Å². The first-order valence-electron chi connectivity index (χ1n) is 5.86. The summed E-state index contributed by atoms with van der Waals surface area (Å²) in [7, 11) is 0. The number of nitrogens with zero attached hydrogens (tertiary/aromatic N) is 4. The van der Waals surface area contributed by atoms with Gasteiger partial charge in [-0.05, 0) is 12.0 Å². The molecule has 0 saturated heterocycles. The zero-order valence-electron chi connectivity index (χ0n) is 10.8. The monoisotopic (exact) mass is 276 g/mol. The number of carboxylic acids is 1. The van der Waals surface area contributed by atoms with E-state index < -0.39 is 10.9 Å². The van der Waals surface area contributed by atoms with Gasteiger partial charge in [-0.2, -0.15) is 0 Å². The molecule has 0 bridgehead atoms. The maximum absolute atomic E-state index is 11.1. The van der Waals surface area contributed by atoms with E-state index in [0.29, 0.717) is 5.69 Å². The Hall–Kier alpha value is -2.77. The lowest BCUT2D eigenvalue weighted by Gasteiger charge is -2.09. The van der Waals surface area contributed by atoms with Crippen LogP contribution in [-0.2, 0) is 0 Å². The van der Waals surface area contributed by atoms with E-state index in [4.69, 9.17) is 5.11 Å². The first-order valence-corrected chi connectivity index (χ1v) is 5.86. The van der Waals surface area contributed by atoms with E-state index in [2.05, 4.69) is 10.3 Å². The van der Waals surface area contributed by atoms with Gasteiger partial charge in [-0.15, -0.1) is 5.10 Å². The summed E-state index contributed by atoms with van der Waals surface area (Å²) < 4.78 is 1.21. The molecule has 1 heterocycles. The minimum Gasteiger partial charge on any atom is -0.476 e. The lowest BCUT2D eigenvalue weighted by molar-refractivity contribution is -0.384. The molecule has 0 amide bonds. The van der Waals surface area contributed by atoms with Crippen LogP contribution in [0.15, 0.2) is 24.3 Å². The van der Waals surface area contributed by atoms with Gasteiger partial charge in [-0.1, -0.05) is 31.2 Å². The lowest BCUT2D eigenvalue weighted by atomic mass is 10.1. The largest absolute Gasteiger partial charge is 0.476 e. The third-order valence-corrected chi connectivity index (χ3v) is 2.76. The standard InChI is InChI=1S/C12H12N4O4/c1-7(2)11-10(12(17)18)13-14-15(11)8-5-3-4-6-9(8)16(19)20/h3-7H,1-2H3,(H,17,18). The molecule has 8 heteroatoms. The molecule has 2 aromatic rings. The minimum atomic E-state index is -1.21. The number of aromatic carboxylic acids is 1. The fraction of sp³-hybridized carbons (Fsp3) is 0.250. The van der Waals surface area contributed by atoms with Crippen LogP contribution in [0.1, 0.15) is 35.9 Å². The average Bonchev–Trinajstić information content (AvgIpc) is 2.83. The van der Waals surface area contributed by atoms with Gasteiger partial charge < -0.3 is 5.11 Å². The molecule has 1 aromatic heterocycles. The number of rotatable bonds is 4. The Morgan fingerprint density at radius 1 is 1.40 bits per heavy atom. The fourth-order valence-corrected chi connectivity index (χ4v) is 1.94. The van der Waals surface area contributed by atoms with Gasteiger partial charge in [0, 0.05) is 6.07 Å². The highest BCUT2D eigenvalue weighted by Crippen LogP contribution is 2.27. The molecule has 8 nitrogen and oxygen atoms in total. The molecule has 0 saturated carbocycles. The van der Waals surface area contributed by atoms with E-state index in [1.54, 1.807) is 19.9 Å². The molecule has 2 rings (SSSR count). The second kappa shape index (κ2) is 5.08. The summed E-state index contributed by atoms with van der Waals surface area (Å²) in [4.78, 5) is 21.6. The van der Waals surface area contributed by atoms with Gasteiger partial charge in [0.25, 0.3) is 5.69 Å². The number of hydrogen-bond donors (Lipinski definition) is 1. The molecule has 0 fully saturated rings. The van der Waals surface area contributed by atoms with Crippen molar-refractivity contribution < 1.29 is 14.8 Å². The normalized spacial score (nSPS) is 10.8. The van der Waals surface area contributed by atoms with Crippen LogP contribution in [0.3, 0.4) is 0 Å². The Kier molecular flexibility index (Phi) is 3.47. The fourth-order valence-electron chi connectivity index (χ4n) is 1.94. The number of carbonyl (C=O) groups is 1. The third kappa shape index (κ3) is 2.22. The molecule has 0 unspecified atom stereocenters. The molecule has 0 aliphatic rings. The van der Waals surface area contributed by atoms with Crippen molar-refractivity contribution in [3.05, 3.63) is 45.8 Å². The summed E-state index contributed by atoms with van der Waals surface area (Å²) in [6, 6.07) is 5.99. The molecular formula is C12H12N4O4. The third-order valence-electron chi connectivity index (χ3n) is 2.76. The van der Waals surface area contributed by atoms with Crippen molar-refractivity contribution in [2.45, 2.75) is 19.8 Å². The Labute approximate surface area is 113 Å². The van der Waals surface area contributed by atoms with E-state index in [9.17, 15) is 14.9 Å². The summed E-state index contributed by atoms with van der Waals surface area (Å²) in [5.74, 6) is -1.41. The molecule has 1 aromatic carbocycles. The van der Waals surface area contributed by atoms with E-state index in [-0.39, 0.29) is 23.0 Å². The van der Waals surface area contributed by atoms with Crippen LogP contribution in [0.5, 0.6) is 0 Å². The number of aromatic nitrogens is 3. The van der Waals surface area contributed by atoms with Crippen LogP contribution >= 0.6 is 0 Å². The van der Waals surface area contributed by atoms with Crippen LogP contribution in [0.25, 0.3) is 5.69 Å². The summed E-state index contributed by atoms with van der Waals surface area (Å²) in [5.41, 5.74) is 0.169. The first-order chi connectivity index (χ1) is 9.43. The molecule has 20 heavy (non-hydrogen) atoms. The summed E-state index contributed by atoms with van der Waals surface area (Å²) in [6.45, 7) is 3.55. The summed E-state index contributed by atoms with van der Waals surface area (Å²) >= 11 is 0. The molecule has 0 aliphatic heterocycles. The molecule has 0 aliphatic carbocycles. The molecule has 0 atom stereocenters. The van der Waals surface area contributed by atoms with Crippen molar-refractivity contribution in [3.63, 3.8) is 0 Å². The van der Waals surface area contributed by atoms with Crippen LogP contribution < -0.4 is 0 Å². The predicted octanol–water partition coefficient (Wildman–Crippen LogP) is 2.00. The van der Waals surface area contributed by atoms with E-state index in [1.165, 1.54) is 22.9 Å².